The Morgan fingerprint density at radius 2 is 2.23 bits per heavy atom. The van der Waals surface area contributed by atoms with Crippen LogP contribution in [-0.4, -0.2) is 14.2 Å². The van der Waals surface area contributed by atoms with Gasteiger partial charge in [-0.2, -0.15) is 5.10 Å². The van der Waals surface area contributed by atoms with Crippen LogP contribution < -0.4 is 5.56 Å². The molecule has 0 fully saturated rings. The third-order valence-electron chi connectivity index (χ3n) is 1.96. The molecule has 0 N–H and O–H groups in total. The lowest BCUT2D eigenvalue weighted by molar-refractivity contribution is 0.795. The number of fused-ring (bicyclic) bond motifs is 1. The van der Waals surface area contributed by atoms with Crippen molar-refractivity contribution in [3.05, 3.63) is 32.0 Å². The van der Waals surface area contributed by atoms with E-state index in [-0.39, 0.29) is 5.56 Å². The molecule has 0 aliphatic heterocycles. The summed E-state index contributed by atoms with van der Waals surface area (Å²) in [6.45, 7) is 1.93. The average Bonchev–Trinajstić information content (AvgIpc) is 2.44. The Labute approximate surface area is 88.3 Å². The molecule has 0 bridgehead atoms. The molecular weight excluding hydrogens is 281 g/mol. The van der Waals surface area contributed by atoms with Gasteiger partial charge in [0, 0.05) is 13.2 Å². The first-order valence-electron chi connectivity index (χ1n) is 3.80. The van der Waals surface area contributed by atoms with Gasteiger partial charge >= 0.3 is 0 Å². The number of rotatable bonds is 0. The average molecular weight is 289 g/mol. The van der Waals surface area contributed by atoms with Gasteiger partial charge in [-0.15, -0.1) is 0 Å². The van der Waals surface area contributed by atoms with Crippen LogP contribution in [0.4, 0.5) is 0 Å². The Balaban J connectivity index is 3.10. The Morgan fingerprint density at radius 3 is 2.92 bits per heavy atom. The monoisotopic (exact) mass is 289 g/mol. The zero-order valence-electron chi connectivity index (χ0n) is 7.28. The maximum absolute atomic E-state index is 11.7. The fourth-order valence-corrected chi connectivity index (χ4v) is 1.93. The van der Waals surface area contributed by atoms with Gasteiger partial charge < -0.3 is 4.57 Å². The molecule has 0 aliphatic carbocycles. The molecule has 0 atom stereocenters. The highest BCUT2D eigenvalue weighted by Gasteiger charge is 2.08. The summed E-state index contributed by atoms with van der Waals surface area (Å²) in [5, 5.41) is 4.12. The molecule has 2 heterocycles. The number of nitrogens with zero attached hydrogens (tertiary/aromatic N) is 3. The third-order valence-corrected chi connectivity index (χ3v) is 2.75. The van der Waals surface area contributed by atoms with Gasteiger partial charge in [0.1, 0.15) is 5.52 Å². The van der Waals surface area contributed by atoms with Gasteiger partial charge in [-0.05, 0) is 29.5 Å². The molecule has 5 heteroatoms. The van der Waals surface area contributed by atoms with Crippen molar-refractivity contribution in [2.24, 2.45) is 7.05 Å². The normalized spacial score (nSPS) is 11.0. The lowest BCUT2D eigenvalue weighted by Crippen LogP contribution is -2.20. The van der Waals surface area contributed by atoms with Crippen molar-refractivity contribution in [1.82, 2.24) is 14.2 Å². The number of hydrogen-bond donors (Lipinski definition) is 0. The molecule has 4 nitrogen and oxygen atoms in total. The predicted molar refractivity (Wildman–Crippen MR) is 57.9 cm³/mol. The van der Waals surface area contributed by atoms with Crippen LogP contribution in [0.2, 0.25) is 0 Å². The van der Waals surface area contributed by atoms with Gasteiger partial charge in [0.05, 0.1) is 15.5 Å². The second kappa shape index (κ2) is 2.83. The van der Waals surface area contributed by atoms with E-state index in [1.807, 2.05) is 6.92 Å². The first-order chi connectivity index (χ1) is 6.11. The van der Waals surface area contributed by atoms with Crippen LogP contribution in [0.3, 0.4) is 0 Å². The Hall–Kier alpha value is -0.850. The van der Waals surface area contributed by atoms with Gasteiger partial charge in [0.2, 0.25) is 0 Å². The second-order valence-corrected chi connectivity index (χ2v) is 4.10. The molecule has 0 aliphatic rings. The fraction of sp³-hybridized carbons (Fsp3) is 0.250. The van der Waals surface area contributed by atoms with E-state index >= 15 is 0 Å². The predicted octanol–water partition coefficient (Wildman–Crippen LogP) is 0.946. The third kappa shape index (κ3) is 1.18. The van der Waals surface area contributed by atoms with Crippen molar-refractivity contribution >= 4 is 28.1 Å². The summed E-state index contributed by atoms with van der Waals surface area (Å²) < 4.78 is 4.14. The molecule has 2 rings (SSSR count). The minimum Gasteiger partial charge on any atom is -0.315 e. The van der Waals surface area contributed by atoms with Crippen LogP contribution in [-0.2, 0) is 7.05 Å². The van der Waals surface area contributed by atoms with Gasteiger partial charge in [-0.25, -0.2) is 4.52 Å². The number of hydrogen-bond acceptors (Lipinski definition) is 2. The SMILES string of the molecule is Cc1cn(C)c(=O)c2c(I)cnn12. The van der Waals surface area contributed by atoms with Gasteiger partial charge in [0.25, 0.3) is 5.56 Å². The molecule has 0 aromatic carbocycles. The molecule has 0 saturated carbocycles. The van der Waals surface area contributed by atoms with Crippen LogP contribution in [0.1, 0.15) is 5.69 Å². The van der Waals surface area contributed by atoms with Crippen LogP contribution in [0.15, 0.2) is 17.2 Å². The second-order valence-electron chi connectivity index (χ2n) is 2.94. The Bertz CT molecular complexity index is 526. The quantitative estimate of drug-likeness (QED) is 0.677. The van der Waals surface area contributed by atoms with Crippen molar-refractivity contribution in [2.45, 2.75) is 6.92 Å². The molecule has 13 heavy (non-hydrogen) atoms. The molecule has 0 unspecified atom stereocenters. The summed E-state index contributed by atoms with van der Waals surface area (Å²) in [5.74, 6) is 0. The molecule has 0 spiro atoms. The summed E-state index contributed by atoms with van der Waals surface area (Å²) >= 11 is 2.12. The number of aryl methyl sites for hydroxylation is 2. The summed E-state index contributed by atoms with van der Waals surface area (Å²) in [4.78, 5) is 11.7. The summed E-state index contributed by atoms with van der Waals surface area (Å²) in [6.07, 6.45) is 3.47. The van der Waals surface area contributed by atoms with Gasteiger partial charge in [-0.3, -0.25) is 4.79 Å². The summed E-state index contributed by atoms with van der Waals surface area (Å²) in [5.41, 5.74) is 1.61. The zero-order valence-corrected chi connectivity index (χ0v) is 9.44. The summed E-state index contributed by atoms with van der Waals surface area (Å²) in [7, 11) is 1.75. The Morgan fingerprint density at radius 1 is 1.54 bits per heavy atom. The minimum atomic E-state index is -0.00694. The van der Waals surface area contributed by atoms with Crippen molar-refractivity contribution in [1.29, 1.82) is 0 Å². The number of aromatic nitrogens is 3. The molecule has 0 amide bonds. The Kier molecular flexibility index (Phi) is 1.90. The van der Waals surface area contributed by atoms with Crippen LogP contribution >= 0.6 is 22.6 Å². The molecule has 68 valence electrons. The van der Waals surface area contributed by atoms with E-state index in [0.717, 1.165) is 9.26 Å². The standard InChI is InChI=1S/C8H8IN3O/c1-5-4-11(2)8(13)7-6(9)3-10-12(5)7/h3-4H,1-2H3. The highest BCUT2D eigenvalue weighted by atomic mass is 127. The van der Waals surface area contributed by atoms with Crippen LogP contribution in [0.25, 0.3) is 5.52 Å². The van der Waals surface area contributed by atoms with Gasteiger partial charge in [-0.1, -0.05) is 0 Å². The molecule has 0 saturated heterocycles. The first kappa shape index (κ1) is 8.74. The van der Waals surface area contributed by atoms with Crippen LogP contribution in [0.5, 0.6) is 0 Å². The lowest BCUT2D eigenvalue weighted by Gasteiger charge is -2.02. The van der Waals surface area contributed by atoms with Crippen molar-refractivity contribution in [2.75, 3.05) is 0 Å². The fourth-order valence-electron chi connectivity index (χ4n) is 1.35. The lowest BCUT2D eigenvalue weighted by atomic mass is 10.4. The molecule has 2 aromatic heterocycles. The van der Waals surface area contributed by atoms with E-state index in [2.05, 4.69) is 27.7 Å². The highest BCUT2D eigenvalue weighted by Crippen LogP contribution is 2.09. The number of halogens is 1. The molecular formula is C8H8IN3O. The maximum atomic E-state index is 11.7. The van der Waals surface area contributed by atoms with Crippen molar-refractivity contribution in [3.8, 4) is 0 Å². The van der Waals surface area contributed by atoms with Crippen molar-refractivity contribution in [3.63, 3.8) is 0 Å². The van der Waals surface area contributed by atoms with E-state index in [1.54, 1.807) is 28.5 Å². The van der Waals surface area contributed by atoms with E-state index in [1.165, 1.54) is 0 Å². The highest BCUT2D eigenvalue weighted by molar-refractivity contribution is 14.1. The largest absolute Gasteiger partial charge is 0.315 e. The zero-order chi connectivity index (χ0) is 9.59. The van der Waals surface area contributed by atoms with E-state index in [4.69, 9.17) is 0 Å². The van der Waals surface area contributed by atoms with E-state index < -0.39 is 0 Å². The summed E-state index contributed by atoms with van der Waals surface area (Å²) in [6, 6.07) is 0. The molecule has 0 radical (unpaired) electrons. The van der Waals surface area contributed by atoms with Crippen LogP contribution in [0, 0.1) is 10.5 Å². The van der Waals surface area contributed by atoms with E-state index in [9.17, 15) is 4.79 Å². The first-order valence-corrected chi connectivity index (χ1v) is 4.88. The van der Waals surface area contributed by atoms with Crippen molar-refractivity contribution < 1.29 is 0 Å². The van der Waals surface area contributed by atoms with E-state index in [0.29, 0.717) is 5.52 Å². The maximum Gasteiger partial charge on any atom is 0.277 e. The smallest absolute Gasteiger partial charge is 0.277 e. The minimum absolute atomic E-state index is 0.00694. The topological polar surface area (TPSA) is 39.3 Å². The molecule has 2 aromatic rings. The van der Waals surface area contributed by atoms with Gasteiger partial charge in [0.15, 0.2) is 0 Å².